The largest absolute Gasteiger partial charge is 0.472 e. The number of phosphoric ester groups is 2. The molecule has 0 aromatic carbocycles. The van der Waals surface area contributed by atoms with E-state index in [-0.39, 0.29) is 25.7 Å². The van der Waals surface area contributed by atoms with Gasteiger partial charge in [0.2, 0.25) is 0 Å². The van der Waals surface area contributed by atoms with E-state index >= 15 is 0 Å². The second-order valence-corrected chi connectivity index (χ2v) is 30.7. The molecule has 2 unspecified atom stereocenters. The first-order valence-corrected chi connectivity index (χ1v) is 40.8. The molecule has 0 heterocycles. The van der Waals surface area contributed by atoms with Crippen LogP contribution >= 0.6 is 15.6 Å². The third-order valence-corrected chi connectivity index (χ3v) is 18.8. The molecule has 0 radical (unpaired) electrons. The van der Waals surface area contributed by atoms with Crippen LogP contribution in [0.2, 0.25) is 0 Å². The van der Waals surface area contributed by atoms with Gasteiger partial charge >= 0.3 is 39.5 Å². The smallest absolute Gasteiger partial charge is 0.462 e. The molecule has 0 aromatic heterocycles. The van der Waals surface area contributed by atoms with Gasteiger partial charge in [-0.3, -0.25) is 37.3 Å². The summed E-state index contributed by atoms with van der Waals surface area (Å²) in [5.41, 5.74) is 0. The van der Waals surface area contributed by atoms with Crippen molar-refractivity contribution in [1.29, 1.82) is 0 Å². The number of hydrogen-bond acceptors (Lipinski definition) is 15. The molecule has 0 aliphatic heterocycles. The molecule has 0 saturated heterocycles. The lowest BCUT2D eigenvalue weighted by Gasteiger charge is -2.21. The molecule has 546 valence electrons. The van der Waals surface area contributed by atoms with Crippen molar-refractivity contribution in [2.24, 2.45) is 17.8 Å². The van der Waals surface area contributed by atoms with E-state index in [9.17, 15) is 43.2 Å². The molecule has 17 nitrogen and oxygen atoms in total. The summed E-state index contributed by atoms with van der Waals surface area (Å²) in [7, 11) is -9.90. The van der Waals surface area contributed by atoms with Crippen molar-refractivity contribution in [3.63, 3.8) is 0 Å². The lowest BCUT2D eigenvalue weighted by molar-refractivity contribution is -0.161. The molecule has 0 fully saturated rings. The molecular formula is C73H142O17P2. The summed E-state index contributed by atoms with van der Waals surface area (Å²) < 4.78 is 68.2. The van der Waals surface area contributed by atoms with E-state index in [1.165, 1.54) is 167 Å². The molecule has 0 aliphatic carbocycles. The molecule has 0 rings (SSSR count). The van der Waals surface area contributed by atoms with Gasteiger partial charge in [-0.2, -0.15) is 0 Å². The lowest BCUT2D eigenvalue weighted by Crippen LogP contribution is -2.30. The highest BCUT2D eigenvalue weighted by Gasteiger charge is 2.30. The molecule has 0 aromatic rings. The Morgan fingerprint density at radius 3 is 0.739 bits per heavy atom. The van der Waals surface area contributed by atoms with Gasteiger partial charge in [0, 0.05) is 25.7 Å². The van der Waals surface area contributed by atoms with Crippen LogP contribution in [0.3, 0.4) is 0 Å². The maximum atomic E-state index is 13.1. The van der Waals surface area contributed by atoms with Crippen molar-refractivity contribution in [3.8, 4) is 0 Å². The van der Waals surface area contributed by atoms with E-state index in [1.54, 1.807) is 0 Å². The predicted molar refractivity (Wildman–Crippen MR) is 372 cm³/mol. The number of phosphoric acid groups is 2. The molecule has 0 bridgehead atoms. The fraction of sp³-hybridized carbons (Fsp3) is 0.945. The second kappa shape index (κ2) is 63.8. The van der Waals surface area contributed by atoms with Gasteiger partial charge in [0.15, 0.2) is 12.2 Å². The zero-order valence-electron chi connectivity index (χ0n) is 60.0. The van der Waals surface area contributed by atoms with Crippen LogP contribution in [0.4, 0.5) is 0 Å². The number of hydrogen-bond donors (Lipinski definition) is 3. The molecule has 0 saturated carbocycles. The number of carbonyl (C=O) groups excluding carboxylic acids is 4. The minimum atomic E-state index is -4.95. The Morgan fingerprint density at radius 1 is 0.293 bits per heavy atom. The van der Waals surface area contributed by atoms with E-state index < -0.39 is 97.5 Å². The van der Waals surface area contributed by atoms with E-state index in [0.29, 0.717) is 31.6 Å². The molecule has 0 spiro atoms. The number of aliphatic hydroxyl groups excluding tert-OH is 1. The first kappa shape index (κ1) is 90.1. The van der Waals surface area contributed by atoms with Crippen LogP contribution in [0.5, 0.6) is 0 Å². The minimum Gasteiger partial charge on any atom is -0.462 e. The molecule has 0 aliphatic rings. The van der Waals surface area contributed by atoms with Crippen LogP contribution in [-0.2, 0) is 65.4 Å². The number of ether oxygens (including phenoxy) is 4. The van der Waals surface area contributed by atoms with E-state index in [0.717, 1.165) is 115 Å². The normalized spacial score (nSPS) is 14.1. The van der Waals surface area contributed by atoms with Gasteiger partial charge in [0.25, 0.3) is 0 Å². The van der Waals surface area contributed by atoms with E-state index in [4.69, 9.17) is 37.0 Å². The Hall–Kier alpha value is -1.94. The van der Waals surface area contributed by atoms with Crippen LogP contribution in [-0.4, -0.2) is 96.7 Å². The number of unbranched alkanes of at least 4 members (excludes halogenated alkanes) is 39. The third kappa shape index (κ3) is 66.7. The summed E-state index contributed by atoms with van der Waals surface area (Å²) in [5, 5.41) is 10.6. The second-order valence-electron chi connectivity index (χ2n) is 27.8. The monoisotopic (exact) mass is 1350 g/mol. The minimum absolute atomic E-state index is 0.102. The highest BCUT2D eigenvalue weighted by molar-refractivity contribution is 7.47. The molecule has 3 N–H and O–H groups in total. The van der Waals surface area contributed by atoms with Gasteiger partial charge in [0.1, 0.15) is 19.3 Å². The summed E-state index contributed by atoms with van der Waals surface area (Å²) in [6.07, 6.45) is 49.0. The molecule has 5 atom stereocenters. The number of esters is 4. The Balaban J connectivity index is 5.15. The molecule has 19 heteroatoms. The molecule has 92 heavy (non-hydrogen) atoms. The van der Waals surface area contributed by atoms with Crippen molar-refractivity contribution in [1.82, 2.24) is 0 Å². The van der Waals surface area contributed by atoms with Gasteiger partial charge in [-0.25, -0.2) is 9.13 Å². The maximum absolute atomic E-state index is 13.1. The van der Waals surface area contributed by atoms with E-state index in [2.05, 4.69) is 48.5 Å². The lowest BCUT2D eigenvalue weighted by atomic mass is 10.0. The van der Waals surface area contributed by atoms with Crippen LogP contribution < -0.4 is 0 Å². The van der Waals surface area contributed by atoms with Gasteiger partial charge in [0.05, 0.1) is 26.4 Å². The summed E-state index contributed by atoms with van der Waals surface area (Å²) >= 11 is 0. The molecule has 0 amide bonds. The van der Waals surface area contributed by atoms with Gasteiger partial charge in [-0.1, -0.05) is 318 Å². The van der Waals surface area contributed by atoms with Crippen molar-refractivity contribution in [2.45, 2.75) is 388 Å². The van der Waals surface area contributed by atoms with Crippen LogP contribution in [0.25, 0.3) is 0 Å². The standard InChI is InChI=1S/C73H142O17P2/c1-8-9-10-11-30-40-47-54-70(75)83-60-69(90-73(78)57-50-43-36-35-39-46-53-66(6)7)63-88-92(81,82)86-59-67(74)58-85-91(79,80)87-62-68(61-84-71(76)55-48-41-33-28-24-21-20-23-27-32-38-45-52-65(4)5)89-72(77)56-49-42-34-29-25-19-17-15-13-12-14-16-18-22-26-31-37-44-51-64(2)3/h64-69,74H,8-63H2,1-7H3,(H,79,80)(H,81,82)/t67-,68-,69-/m1/s1. The first-order valence-electron chi connectivity index (χ1n) is 37.8. The van der Waals surface area contributed by atoms with E-state index in [1.807, 2.05) is 0 Å². The highest BCUT2D eigenvalue weighted by atomic mass is 31.2. The first-order chi connectivity index (χ1) is 44.2. The van der Waals surface area contributed by atoms with Gasteiger partial charge in [-0.05, 0) is 43.4 Å². The topological polar surface area (TPSA) is 237 Å². The fourth-order valence-electron chi connectivity index (χ4n) is 11.1. The maximum Gasteiger partial charge on any atom is 0.472 e. The number of aliphatic hydroxyl groups is 1. The van der Waals surface area contributed by atoms with Crippen LogP contribution in [0, 0.1) is 17.8 Å². The Bertz CT molecular complexity index is 1800. The van der Waals surface area contributed by atoms with Crippen molar-refractivity contribution < 1.29 is 80.2 Å². The van der Waals surface area contributed by atoms with Gasteiger partial charge < -0.3 is 33.8 Å². The summed E-state index contributed by atoms with van der Waals surface area (Å²) in [6, 6.07) is 0. The third-order valence-electron chi connectivity index (χ3n) is 16.9. The number of carbonyl (C=O) groups is 4. The fourth-order valence-corrected chi connectivity index (χ4v) is 12.7. The average molecular weight is 1350 g/mol. The summed E-state index contributed by atoms with van der Waals surface area (Å²) in [6.45, 7) is 11.8. The summed E-state index contributed by atoms with van der Waals surface area (Å²) in [5.74, 6) is 0.140. The Kier molecular flexibility index (Phi) is 62.4. The van der Waals surface area contributed by atoms with Crippen molar-refractivity contribution in [3.05, 3.63) is 0 Å². The number of rotatable bonds is 71. The Labute approximate surface area is 562 Å². The average Bonchev–Trinajstić information content (AvgIpc) is 1.72. The zero-order valence-corrected chi connectivity index (χ0v) is 61.8. The zero-order chi connectivity index (χ0) is 68.0. The highest BCUT2D eigenvalue weighted by Crippen LogP contribution is 2.45. The van der Waals surface area contributed by atoms with Crippen LogP contribution in [0.15, 0.2) is 0 Å². The van der Waals surface area contributed by atoms with Crippen LogP contribution in [0.1, 0.15) is 370 Å². The van der Waals surface area contributed by atoms with Crippen molar-refractivity contribution in [2.75, 3.05) is 39.6 Å². The predicted octanol–water partition coefficient (Wildman–Crippen LogP) is 21.0. The summed E-state index contributed by atoms with van der Waals surface area (Å²) in [4.78, 5) is 72.4. The quantitative estimate of drug-likeness (QED) is 0.0222. The SMILES string of the molecule is CCCCCCCCCC(=O)OC[C@H](COP(=O)(O)OC[C@H](O)COP(=O)(O)OC[C@@H](COC(=O)CCCCCCCCCCCCCCC(C)C)OC(=O)CCCCCCCCCCCCCCCCCCCCC(C)C)OC(=O)CCCCCCCCC(C)C. The Morgan fingerprint density at radius 2 is 0.500 bits per heavy atom. The van der Waals surface area contributed by atoms with Gasteiger partial charge in [-0.15, -0.1) is 0 Å². The molecular weight excluding hydrogens is 1210 g/mol. The van der Waals surface area contributed by atoms with Crippen molar-refractivity contribution >= 4 is 39.5 Å².